The highest BCUT2D eigenvalue weighted by atomic mass is 127. The van der Waals surface area contributed by atoms with Crippen LogP contribution in [0.4, 0.5) is 0 Å². The van der Waals surface area contributed by atoms with E-state index in [0.29, 0.717) is 10.7 Å². The summed E-state index contributed by atoms with van der Waals surface area (Å²) < 4.78 is 45.9. The summed E-state index contributed by atoms with van der Waals surface area (Å²) in [6.45, 7) is -0.148. The highest BCUT2D eigenvalue weighted by Crippen LogP contribution is 2.36. The molecule has 0 aliphatic heterocycles. The van der Waals surface area contributed by atoms with Gasteiger partial charge in [0.2, 0.25) is 0 Å². The van der Waals surface area contributed by atoms with Crippen molar-refractivity contribution in [3.63, 3.8) is 0 Å². The summed E-state index contributed by atoms with van der Waals surface area (Å²) in [5.41, 5.74) is 0.0587. The molecule has 0 amide bonds. The standard InChI is InChI=1S/C15H9I5O7S/c16-6-3-7(12(21)8(17)4-6)15(22)27-2-1-26-13-9(18)5-10(19)14(11(13)20)28(23,24)25/h3-5,21H,1-2H2,(H,23,24,25). The molecule has 0 saturated heterocycles. The second kappa shape index (κ2) is 10.6. The molecular formula is C15H9I5O7S. The van der Waals surface area contributed by atoms with Crippen LogP contribution in [0, 0.1) is 17.9 Å². The zero-order valence-corrected chi connectivity index (χ0v) is 25.0. The van der Waals surface area contributed by atoms with Crippen LogP contribution >= 0.6 is 113 Å². The molecule has 2 N–H and O–H groups in total. The lowest BCUT2D eigenvalue weighted by molar-refractivity contribution is 0.0446. The van der Waals surface area contributed by atoms with Gasteiger partial charge in [0.05, 0.1) is 10.7 Å². The van der Waals surface area contributed by atoms with Crippen molar-refractivity contribution in [3.05, 3.63) is 41.6 Å². The first-order valence-corrected chi connectivity index (χ1v) is 13.9. The maximum atomic E-state index is 12.2. The van der Waals surface area contributed by atoms with Crippen LogP contribution in [-0.4, -0.2) is 37.3 Å². The number of benzene rings is 2. The molecule has 0 aliphatic carbocycles. The van der Waals surface area contributed by atoms with Crippen LogP contribution in [0.1, 0.15) is 10.4 Å². The highest BCUT2D eigenvalue weighted by Gasteiger charge is 2.24. The first kappa shape index (κ1) is 25.3. The van der Waals surface area contributed by atoms with Crippen molar-refractivity contribution in [2.75, 3.05) is 13.2 Å². The molecule has 0 saturated carbocycles. The molecule has 0 atom stereocenters. The van der Waals surface area contributed by atoms with E-state index in [1.165, 1.54) is 6.07 Å². The van der Waals surface area contributed by atoms with E-state index in [1.54, 1.807) is 34.7 Å². The summed E-state index contributed by atoms with van der Waals surface area (Å²) in [4.78, 5) is 12.0. The average molecular weight is 968 g/mol. The summed E-state index contributed by atoms with van der Waals surface area (Å²) in [5, 5.41) is 10.0. The SMILES string of the molecule is O=C(OCCOc1c(I)cc(I)c(S(=O)(=O)O)c1I)c1cc(I)cc(I)c1O. The first-order chi connectivity index (χ1) is 12.9. The number of phenolic OH excluding ortho intramolecular Hbond substituents is 1. The summed E-state index contributed by atoms with van der Waals surface area (Å²) in [6.07, 6.45) is 0. The molecule has 0 heterocycles. The molecule has 0 aliphatic rings. The van der Waals surface area contributed by atoms with E-state index in [2.05, 4.69) is 0 Å². The Morgan fingerprint density at radius 2 is 1.61 bits per heavy atom. The fourth-order valence-electron chi connectivity index (χ4n) is 2.00. The van der Waals surface area contributed by atoms with Gasteiger partial charge in [-0.25, -0.2) is 4.79 Å². The van der Waals surface area contributed by atoms with E-state index in [4.69, 9.17) is 9.47 Å². The molecular weight excluding hydrogens is 959 g/mol. The van der Waals surface area contributed by atoms with Crippen molar-refractivity contribution < 1.29 is 32.3 Å². The third-order valence-corrected chi connectivity index (χ3v) is 8.95. The van der Waals surface area contributed by atoms with Gasteiger partial charge in [-0.3, -0.25) is 4.55 Å². The van der Waals surface area contributed by atoms with Crippen LogP contribution in [0.5, 0.6) is 11.5 Å². The Morgan fingerprint density at radius 3 is 2.21 bits per heavy atom. The average Bonchev–Trinajstić information content (AvgIpc) is 2.55. The van der Waals surface area contributed by atoms with Gasteiger partial charge in [-0.15, -0.1) is 0 Å². The van der Waals surface area contributed by atoms with Gasteiger partial charge >= 0.3 is 5.97 Å². The van der Waals surface area contributed by atoms with E-state index >= 15 is 0 Å². The number of esters is 1. The molecule has 0 aromatic heterocycles. The van der Waals surface area contributed by atoms with Gasteiger partial charge in [-0.05, 0) is 131 Å². The van der Waals surface area contributed by atoms with Crippen LogP contribution in [0.25, 0.3) is 0 Å². The van der Waals surface area contributed by atoms with Crippen LogP contribution in [0.2, 0.25) is 0 Å². The van der Waals surface area contributed by atoms with Crippen molar-refractivity contribution in [1.29, 1.82) is 0 Å². The fraction of sp³-hybridized carbons (Fsp3) is 0.133. The number of ether oxygens (including phenoxy) is 2. The second-order valence-electron chi connectivity index (χ2n) is 5.06. The van der Waals surface area contributed by atoms with E-state index in [-0.39, 0.29) is 38.7 Å². The predicted molar refractivity (Wildman–Crippen MR) is 144 cm³/mol. The van der Waals surface area contributed by atoms with E-state index in [0.717, 1.165) is 3.57 Å². The molecule has 152 valence electrons. The quantitative estimate of drug-likeness (QED) is 0.184. The number of carbonyl (C=O) groups is 1. The molecule has 2 aromatic rings. The Morgan fingerprint density at radius 1 is 0.964 bits per heavy atom. The van der Waals surface area contributed by atoms with Crippen molar-refractivity contribution in [2.45, 2.75) is 4.90 Å². The lowest BCUT2D eigenvalue weighted by atomic mass is 10.2. The second-order valence-corrected chi connectivity index (χ2v) is 12.2. The molecule has 0 unspecified atom stereocenters. The highest BCUT2D eigenvalue weighted by molar-refractivity contribution is 14.1. The number of carbonyl (C=O) groups excluding carboxylic acids is 1. The molecule has 7 nitrogen and oxygen atoms in total. The Kier molecular flexibility index (Phi) is 9.58. The predicted octanol–water partition coefficient (Wildman–Crippen LogP) is 4.90. The number of phenols is 1. The minimum absolute atomic E-state index is 0.0367. The monoisotopic (exact) mass is 968 g/mol. The van der Waals surface area contributed by atoms with Crippen molar-refractivity contribution in [3.8, 4) is 11.5 Å². The molecule has 0 fully saturated rings. The van der Waals surface area contributed by atoms with Crippen molar-refractivity contribution in [1.82, 2.24) is 0 Å². The van der Waals surface area contributed by atoms with Gasteiger partial charge in [-0.2, -0.15) is 8.42 Å². The number of rotatable bonds is 6. The molecule has 2 aromatic carbocycles. The molecule has 0 bridgehead atoms. The van der Waals surface area contributed by atoms with Crippen LogP contribution in [-0.2, 0) is 14.9 Å². The molecule has 0 spiro atoms. The normalized spacial score (nSPS) is 11.4. The van der Waals surface area contributed by atoms with E-state index in [1.807, 2.05) is 90.4 Å². The number of halogens is 5. The minimum Gasteiger partial charge on any atom is -0.506 e. The fourth-order valence-corrected chi connectivity index (χ4v) is 9.82. The first-order valence-electron chi connectivity index (χ1n) is 7.06. The topological polar surface area (TPSA) is 110 Å². The van der Waals surface area contributed by atoms with Crippen LogP contribution in [0.15, 0.2) is 23.1 Å². The zero-order chi connectivity index (χ0) is 21.2. The summed E-state index contributed by atoms with van der Waals surface area (Å²) in [5.74, 6) is -0.563. The Balaban J connectivity index is 2.10. The Bertz CT molecular complexity index is 1040. The largest absolute Gasteiger partial charge is 0.506 e. The summed E-state index contributed by atoms with van der Waals surface area (Å²) in [7, 11) is -4.41. The van der Waals surface area contributed by atoms with E-state index in [9.17, 15) is 22.9 Å². The van der Waals surface area contributed by atoms with Crippen LogP contribution in [0.3, 0.4) is 0 Å². The maximum Gasteiger partial charge on any atom is 0.342 e. The van der Waals surface area contributed by atoms with Gasteiger partial charge in [-0.1, -0.05) is 0 Å². The zero-order valence-electron chi connectivity index (χ0n) is 13.4. The minimum atomic E-state index is -4.41. The van der Waals surface area contributed by atoms with Gasteiger partial charge < -0.3 is 14.6 Å². The van der Waals surface area contributed by atoms with Gasteiger partial charge in [0.1, 0.15) is 35.2 Å². The third kappa shape index (κ3) is 6.29. The van der Waals surface area contributed by atoms with Gasteiger partial charge in [0.15, 0.2) is 0 Å². The lowest BCUT2D eigenvalue weighted by Crippen LogP contribution is -2.15. The maximum absolute atomic E-state index is 12.2. The molecule has 28 heavy (non-hydrogen) atoms. The molecule has 0 radical (unpaired) electrons. The summed E-state index contributed by atoms with van der Waals surface area (Å²) in [6, 6.07) is 4.81. The number of hydrogen-bond donors (Lipinski definition) is 2. The van der Waals surface area contributed by atoms with Gasteiger partial charge in [0, 0.05) is 7.14 Å². The van der Waals surface area contributed by atoms with Crippen LogP contribution < -0.4 is 4.74 Å². The molecule has 13 heteroatoms. The number of aromatic hydroxyl groups is 1. The van der Waals surface area contributed by atoms with Crippen molar-refractivity contribution >= 4 is 129 Å². The van der Waals surface area contributed by atoms with Crippen molar-refractivity contribution in [2.24, 2.45) is 0 Å². The summed E-state index contributed by atoms with van der Waals surface area (Å²) >= 11 is 9.55. The third-order valence-electron chi connectivity index (χ3n) is 3.15. The smallest absolute Gasteiger partial charge is 0.342 e. The van der Waals surface area contributed by atoms with E-state index < -0.39 is 16.1 Å². The molecule has 2 rings (SSSR count). The Labute approximate surface area is 229 Å². The van der Waals surface area contributed by atoms with Gasteiger partial charge in [0.25, 0.3) is 10.1 Å². The number of hydrogen-bond acceptors (Lipinski definition) is 6. The Hall–Kier alpha value is 1.07. The lowest BCUT2D eigenvalue weighted by Gasteiger charge is -2.14.